The second kappa shape index (κ2) is 4.41. The van der Waals surface area contributed by atoms with E-state index in [0.29, 0.717) is 12.2 Å². The zero-order valence-corrected chi connectivity index (χ0v) is 9.11. The standard InChI is InChI=1S/C13H16N2O/c14-8-2-4-9-3-1-5-11-10(9)6-7-12(15)13(11)16/h1,3,5-7,16H,2,4,8,14-15H2. The molecule has 16 heavy (non-hydrogen) atoms. The van der Waals surface area contributed by atoms with E-state index in [1.165, 1.54) is 5.56 Å². The highest BCUT2D eigenvalue weighted by atomic mass is 16.3. The Balaban J connectivity index is 2.56. The molecule has 3 nitrogen and oxygen atoms in total. The van der Waals surface area contributed by atoms with Crippen molar-refractivity contribution in [2.24, 2.45) is 5.73 Å². The molecule has 2 aromatic carbocycles. The fourth-order valence-corrected chi connectivity index (χ4v) is 1.93. The number of aromatic hydroxyl groups is 1. The van der Waals surface area contributed by atoms with Crippen molar-refractivity contribution >= 4 is 16.5 Å². The minimum absolute atomic E-state index is 0.173. The number of phenols is 1. The Labute approximate surface area is 94.7 Å². The van der Waals surface area contributed by atoms with Gasteiger partial charge in [-0.05, 0) is 36.4 Å². The third kappa shape index (κ3) is 1.82. The SMILES string of the molecule is NCCCc1cccc2c(O)c(N)ccc12. The first-order valence-corrected chi connectivity index (χ1v) is 5.43. The van der Waals surface area contributed by atoms with Crippen molar-refractivity contribution in [2.75, 3.05) is 12.3 Å². The van der Waals surface area contributed by atoms with E-state index >= 15 is 0 Å². The van der Waals surface area contributed by atoms with Gasteiger partial charge >= 0.3 is 0 Å². The Morgan fingerprint density at radius 2 is 1.88 bits per heavy atom. The van der Waals surface area contributed by atoms with Crippen LogP contribution in [0.15, 0.2) is 30.3 Å². The van der Waals surface area contributed by atoms with Gasteiger partial charge in [0.2, 0.25) is 0 Å². The molecule has 0 radical (unpaired) electrons. The van der Waals surface area contributed by atoms with Gasteiger partial charge in [-0.3, -0.25) is 0 Å². The van der Waals surface area contributed by atoms with Gasteiger partial charge < -0.3 is 16.6 Å². The molecule has 0 fully saturated rings. The molecular formula is C13H16N2O. The molecule has 0 amide bonds. The molecule has 0 aliphatic rings. The number of anilines is 1. The van der Waals surface area contributed by atoms with E-state index in [9.17, 15) is 5.11 Å². The summed E-state index contributed by atoms with van der Waals surface area (Å²) in [6.45, 7) is 0.678. The van der Waals surface area contributed by atoms with Crippen LogP contribution in [0.5, 0.6) is 5.75 Å². The third-order valence-corrected chi connectivity index (χ3v) is 2.80. The fourth-order valence-electron chi connectivity index (χ4n) is 1.93. The molecule has 2 aromatic rings. The molecule has 2 rings (SSSR count). The van der Waals surface area contributed by atoms with Crippen LogP contribution in [-0.2, 0) is 6.42 Å². The Morgan fingerprint density at radius 1 is 1.06 bits per heavy atom. The molecule has 0 heterocycles. The van der Waals surface area contributed by atoms with Crippen LogP contribution in [0.25, 0.3) is 10.8 Å². The predicted octanol–water partition coefficient (Wildman–Crippen LogP) is 2.02. The van der Waals surface area contributed by atoms with Crippen LogP contribution >= 0.6 is 0 Å². The maximum absolute atomic E-state index is 9.86. The van der Waals surface area contributed by atoms with Crippen molar-refractivity contribution in [1.82, 2.24) is 0 Å². The fraction of sp³-hybridized carbons (Fsp3) is 0.231. The number of phenolic OH excluding ortho intramolecular Hbond substituents is 1. The van der Waals surface area contributed by atoms with Gasteiger partial charge in [-0.15, -0.1) is 0 Å². The van der Waals surface area contributed by atoms with E-state index in [-0.39, 0.29) is 5.75 Å². The molecule has 0 aromatic heterocycles. The first kappa shape index (κ1) is 10.8. The number of nitrogens with two attached hydrogens (primary N) is 2. The highest BCUT2D eigenvalue weighted by Gasteiger charge is 2.06. The highest BCUT2D eigenvalue weighted by molar-refractivity contribution is 5.94. The maximum atomic E-state index is 9.86. The number of rotatable bonds is 3. The summed E-state index contributed by atoms with van der Waals surface area (Å²) in [4.78, 5) is 0. The zero-order chi connectivity index (χ0) is 11.5. The second-order valence-electron chi connectivity index (χ2n) is 3.91. The van der Waals surface area contributed by atoms with Crippen LogP contribution in [0.3, 0.4) is 0 Å². The number of hydrogen-bond acceptors (Lipinski definition) is 3. The summed E-state index contributed by atoms with van der Waals surface area (Å²) in [5.74, 6) is 0.173. The molecule has 0 unspecified atom stereocenters. The van der Waals surface area contributed by atoms with E-state index < -0.39 is 0 Å². The zero-order valence-electron chi connectivity index (χ0n) is 9.11. The summed E-state index contributed by atoms with van der Waals surface area (Å²) in [6.07, 6.45) is 1.88. The molecule has 0 bridgehead atoms. The van der Waals surface area contributed by atoms with Gasteiger partial charge in [-0.2, -0.15) is 0 Å². The lowest BCUT2D eigenvalue weighted by molar-refractivity contribution is 0.484. The Morgan fingerprint density at radius 3 is 2.62 bits per heavy atom. The summed E-state index contributed by atoms with van der Waals surface area (Å²) in [6, 6.07) is 9.58. The number of benzene rings is 2. The average Bonchev–Trinajstić information content (AvgIpc) is 2.31. The minimum Gasteiger partial charge on any atom is -0.505 e. The van der Waals surface area contributed by atoms with Crippen molar-refractivity contribution in [3.8, 4) is 5.75 Å². The van der Waals surface area contributed by atoms with Gasteiger partial charge in [0.05, 0.1) is 5.69 Å². The van der Waals surface area contributed by atoms with Gasteiger partial charge in [0.25, 0.3) is 0 Å². The van der Waals surface area contributed by atoms with Crippen LogP contribution in [-0.4, -0.2) is 11.7 Å². The maximum Gasteiger partial charge on any atom is 0.146 e. The first-order chi connectivity index (χ1) is 7.74. The molecule has 0 aliphatic heterocycles. The van der Waals surface area contributed by atoms with Crippen molar-refractivity contribution in [2.45, 2.75) is 12.8 Å². The number of aryl methyl sites for hydroxylation is 1. The number of nitrogen functional groups attached to an aromatic ring is 1. The predicted molar refractivity (Wildman–Crippen MR) is 67.4 cm³/mol. The van der Waals surface area contributed by atoms with Gasteiger partial charge in [0.15, 0.2) is 0 Å². The second-order valence-corrected chi connectivity index (χ2v) is 3.91. The van der Waals surface area contributed by atoms with Crippen molar-refractivity contribution in [3.05, 3.63) is 35.9 Å². The summed E-state index contributed by atoms with van der Waals surface area (Å²) >= 11 is 0. The topological polar surface area (TPSA) is 72.3 Å². The van der Waals surface area contributed by atoms with Crippen LogP contribution < -0.4 is 11.5 Å². The summed E-state index contributed by atoms with van der Waals surface area (Å²) in [5.41, 5.74) is 12.8. The molecule has 0 aliphatic carbocycles. The van der Waals surface area contributed by atoms with Crippen molar-refractivity contribution in [1.29, 1.82) is 0 Å². The summed E-state index contributed by atoms with van der Waals surface area (Å²) in [7, 11) is 0. The molecule has 84 valence electrons. The largest absolute Gasteiger partial charge is 0.505 e. The van der Waals surface area contributed by atoms with E-state index in [2.05, 4.69) is 6.07 Å². The van der Waals surface area contributed by atoms with Crippen LogP contribution in [0, 0.1) is 0 Å². The van der Waals surface area contributed by atoms with Crippen molar-refractivity contribution < 1.29 is 5.11 Å². The van der Waals surface area contributed by atoms with E-state index in [1.807, 2.05) is 18.2 Å². The highest BCUT2D eigenvalue weighted by Crippen LogP contribution is 2.32. The van der Waals surface area contributed by atoms with Gasteiger partial charge in [0.1, 0.15) is 5.75 Å². The summed E-state index contributed by atoms with van der Waals surface area (Å²) in [5, 5.41) is 11.7. The lowest BCUT2D eigenvalue weighted by Gasteiger charge is -2.08. The summed E-state index contributed by atoms with van der Waals surface area (Å²) < 4.78 is 0. The van der Waals surface area contributed by atoms with Gasteiger partial charge in [0, 0.05) is 5.39 Å². The molecular weight excluding hydrogens is 200 g/mol. The van der Waals surface area contributed by atoms with Crippen LogP contribution in [0.1, 0.15) is 12.0 Å². The number of hydrogen-bond donors (Lipinski definition) is 3. The number of fused-ring (bicyclic) bond motifs is 1. The van der Waals surface area contributed by atoms with Gasteiger partial charge in [-0.1, -0.05) is 24.3 Å². The third-order valence-electron chi connectivity index (χ3n) is 2.80. The lowest BCUT2D eigenvalue weighted by Crippen LogP contribution is -2.00. The molecule has 0 saturated carbocycles. The van der Waals surface area contributed by atoms with Crippen LogP contribution in [0.2, 0.25) is 0 Å². The van der Waals surface area contributed by atoms with E-state index in [1.54, 1.807) is 6.07 Å². The van der Waals surface area contributed by atoms with Crippen molar-refractivity contribution in [3.63, 3.8) is 0 Å². The average molecular weight is 216 g/mol. The monoisotopic (exact) mass is 216 g/mol. The quantitative estimate of drug-likeness (QED) is 0.543. The van der Waals surface area contributed by atoms with Gasteiger partial charge in [-0.25, -0.2) is 0 Å². The van der Waals surface area contributed by atoms with E-state index in [0.717, 1.165) is 23.6 Å². The Hall–Kier alpha value is -1.74. The molecule has 0 saturated heterocycles. The molecule has 0 atom stereocenters. The lowest BCUT2D eigenvalue weighted by atomic mass is 10.00. The smallest absolute Gasteiger partial charge is 0.146 e. The molecule has 0 spiro atoms. The Bertz CT molecular complexity index is 509. The van der Waals surface area contributed by atoms with E-state index in [4.69, 9.17) is 11.5 Å². The Kier molecular flexibility index (Phi) is 2.97. The molecule has 5 N–H and O–H groups in total. The minimum atomic E-state index is 0.173. The normalized spacial score (nSPS) is 10.8. The molecule has 3 heteroatoms. The first-order valence-electron chi connectivity index (χ1n) is 5.43. The van der Waals surface area contributed by atoms with Crippen LogP contribution in [0.4, 0.5) is 5.69 Å².